The molecule has 4 saturated heterocycles. The molecule has 28 nitrogen and oxygen atoms in total. The molecule has 0 radical (unpaired) electrons. The summed E-state index contributed by atoms with van der Waals surface area (Å²) in [6, 6.07) is 12.0. The van der Waals surface area contributed by atoms with E-state index in [1.807, 2.05) is 91.8 Å². The van der Waals surface area contributed by atoms with Gasteiger partial charge in [-0.1, -0.05) is 187 Å². The highest BCUT2D eigenvalue weighted by Gasteiger charge is 2.38. The predicted octanol–water partition coefficient (Wildman–Crippen LogP) is 15.0. The van der Waals surface area contributed by atoms with Crippen molar-refractivity contribution < 1.29 is 96.9 Å². The highest BCUT2D eigenvalue weighted by Crippen LogP contribution is 2.32. The Balaban J connectivity index is 0.000000434. The molecule has 4 fully saturated rings. The third-order valence-corrected chi connectivity index (χ3v) is 24.3. The van der Waals surface area contributed by atoms with Crippen LogP contribution in [0.2, 0.25) is 10.0 Å². The first-order chi connectivity index (χ1) is 59.8. The number of aliphatic hydroxyl groups is 4. The number of carbonyl (C=O) groups is 12. The summed E-state index contributed by atoms with van der Waals surface area (Å²) in [6.07, 6.45) is 16.3. The Bertz CT molecular complexity index is 3560. The molecular weight excluding hydrogens is 1660 g/mol. The zero-order chi connectivity index (χ0) is 93.8. The number of benzene rings is 2. The summed E-state index contributed by atoms with van der Waals surface area (Å²) in [5.74, 6) is -1.81. The lowest BCUT2D eigenvalue weighted by atomic mass is 9.84. The molecule has 0 bridgehead atoms. The molecule has 12 N–H and O–H groups in total. The minimum atomic E-state index is -0.727. The first kappa shape index (κ1) is 113. The second-order valence-electron chi connectivity index (χ2n) is 36.8. The smallest absolute Gasteiger partial charge is 0.407 e. The standard InChI is InChI=1S/C26H48N2O5.2C24H35ClN2O5.C22H40N2O5/c1-5-6-7-8-9-10-11-12-15-33-26(32)28-23(16-19(2)3)24(30)18-22(20(4)29)17-21-13-14-27-25(21)31;1-15(2)11-21(27-24(31)32-10-8-17-5-4-6-20(25)12-17)22(29)14-19(16(3)28)13-18-7-9-26-23(18)30;1-15(2)12-21(27-24(31)32-11-9-17-6-4-5-7-20(17)25)22(29)14-19(16(3)28)13-18-8-10-26-23(18)30;1-5-6-7-8-11-29-22(28)24-19(12-15(2)3)20(26)14-18(16(4)25)13-17-9-10-23-21(17)27/h19-23,29H,5-18H2,1-4H3,(H,27,31)(H,28,32);4-6,12,15-16,18-19,21,28H,7-11,13-14H2,1-3H3,(H,26,30)(H,27,31);4-7,15-16,18-19,21,28H,8-14H2,1-3H3,(H,26,30)(H,27,31);15-19,25H,5-14H2,1-4H3,(H,23,27)(H,24,28)/t20?,21-,22+,23-;2*16?,18-,19+,21-;16?,17-,18+,19-/m0000/s1. The predicted molar refractivity (Wildman–Crippen MR) is 490 cm³/mol. The van der Waals surface area contributed by atoms with E-state index >= 15 is 0 Å². The van der Waals surface area contributed by atoms with Gasteiger partial charge in [0.25, 0.3) is 0 Å². The topological polar surface area (TPSA) is 419 Å². The third-order valence-electron chi connectivity index (χ3n) is 23.7. The molecule has 4 unspecified atom stereocenters. The van der Waals surface area contributed by atoms with E-state index in [-0.39, 0.29) is 157 Å². The fraction of sp³-hybridized carbons (Fsp3) is 0.750. The van der Waals surface area contributed by atoms with Gasteiger partial charge in [-0.25, -0.2) is 19.2 Å². The molecule has 4 aliphatic heterocycles. The SMILES string of the molecule is CC(C)C[C@H](NC(=O)OCCc1cccc(Cl)c1)C(=O)C[C@@H](C[C@@H]1CCNC1=O)C(C)O.CC(C)C[C@H](NC(=O)OCCc1ccccc1Cl)C(=O)C[C@@H](C[C@@H]1CCNC1=O)C(C)O.CCCCCCCCCCOC(=O)N[C@@H](CC(C)C)C(=O)C[C@@H](C[C@@H]1CCNC1=O)C(C)O.CCCCCCOC(=O)N[C@@H](CC(C)C)C(=O)C[C@@H](C[C@@H]1CCNC1=O)C(C)O. The quantitative estimate of drug-likeness (QED) is 0.0216. The van der Waals surface area contributed by atoms with Crippen molar-refractivity contribution in [1.29, 1.82) is 0 Å². The van der Waals surface area contributed by atoms with Crippen LogP contribution in [0.15, 0.2) is 48.5 Å². The third kappa shape index (κ3) is 48.2. The number of alkyl carbamates (subject to hydrolysis) is 4. The van der Waals surface area contributed by atoms with Crippen LogP contribution in [0.3, 0.4) is 0 Å². The van der Waals surface area contributed by atoms with Gasteiger partial charge in [-0.3, -0.25) is 38.4 Å². The molecule has 0 spiro atoms. The molecule has 0 aromatic heterocycles. The lowest BCUT2D eigenvalue weighted by Gasteiger charge is -2.25. The van der Waals surface area contributed by atoms with E-state index in [2.05, 4.69) is 56.4 Å². The molecule has 716 valence electrons. The number of ketones is 4. The second kappa shape index (κ2) is 63.5. The highest BCUT2D eigenvalue weighted by molar-refractivity contribution is 6.31. The highest BCUT2D eigenvalue weighted by atomic mass is 35.5. The molecule has 4 heterocycles. The van der Waals surface area contributed by atoms with Crippen molar-refractivity contribution in [3.05, 3.63) is 69.7 Å². The van der Waals surface area contributed by atoms with E-state index in [1.54, 1.807) is 39.8 Å². The van der Waals surface area contributed by atoms with Crippen molar-refractivity contribution in [2.75, 3.05) is 52.6 Å². The monoisotopic (exact) mass is 1810 g/mol. The van der Waals surface area contributed by atoms with Crippen molar-refractivity contribution in [3.63, 3.8) is 0 Å². The molecule has 2 aromatic carbocycles. The number of nitrogens with one attached hydrogen (secondary N) is 8. The maximum Gasteiger partial charge on any atom is 0.407 e. The van der Waals surface area contributed by atoms with Crippen molar-refractivity contribution in [2.45, 2.75) is 338 Å². The Hall–Kier alpha value is -7.50. The molecule has 16 atom stereocenters. The summed E-state index contributed by atoms with van der Waals surface area (Å²) in [6.45, 7) is 30.4. The van der Waals surface area contributed by atoms with E-state index in [1.165, 1.54) is 32.1 Å². The van der Waals surface area contributed by atoms with E-state index in [4.69, 9.17) is 42.1 Å². The summed E-state index contributed by atoms with van der Waals surface area (Å²) >= 11 is 12.1. The van der Waals surface area contributed by atoms with Gasteiger partial charge in [0.15, 0.2) is 23.1 Å². The first-order valence-electron chi connectivity index (χ1n) is 47.0. The molecule has 8 amide bonds. The van der Waals surface area contributed by atoms with E-state index < -0.39 is 73.0 Å². The molecular formula is C96H158Cl2N8O20. The second-order valence-corrected chi connectivity index (χ2v) is 37.7. The molecule has 6 rings (SSSR count). The van der Waals surface area contributed by atoms with E-state index in [0.717, 1.165) is 68.9 Å². The summed E-state index contributed by atoms with van der Waals surface area (Å²) in [4.78, 5) is 149. The molecule has 126 heavy (non-hydrogen) atoms. The number of Topliss-reactive ketones (excluding diaryl/α,β-unsaturated/α-hetero) is 4. The van der Waals surface area contributed by atoms with Crippen molar-refractivity contribution in [2.24, 2.45) is 71.0 Å². The van der Waals surface area contributed by atoms with Crippen LogP contribution in [0.25, 0.3) is 0 Å². The Labute approximate surface area is 761 Å². The Morgan fingerprint density at radius 1 is 0.373 bits per heavy atom. The van der Waals surface area contributed by atoms with Gasteiger partial charge >= 0.3 is 24.4 Å². The number of ether oxygens (including phenoxy) is 4. The number of halogens is 2. The van der Waals surface area contributed by atoms with E-state index in [0.29, 0.717) is 126 Å². The molecule has 0 aliphatic carbocycles. The summed E-state index contributed by atoms with van der Waals surface area (Å²) in [5, 5.41) is 64.0. The van der Waals surface area contributed by atoms with Crippen LogP contribution in [0.1, 0.15) is 288 Å². The Morgan fingerprint density at radius 3 is 0.921 bits per heavy atom. The maximum atomic E-state index is 13.0. The number of hydrogen-bond donors (Lipinski definition) is 12. The van der Waals surface area contributed by atoms with Crippen LogP contribution in [-0.4, -0.2) is 193 Å². The summed E-state index contributed by atoms with van der Waals surface area (Å²) < 4.78 is 21.1. The lowest BCUT2D eigenvalue weighted by molar-refractivity contribution is -0.126. The van der Waals surface area contributed by atoms with Gasteiger partial charge in [-0.2, -0.15) is 0 Å². The van der Waals surface area contributed by atoms with Crippen LogP contribution >= 0.6 is 23.2 Å². The first-order valence-corrected chi connectivity index (χ1v) is 47.7. The van der Waals surface area contributed by atoms with Crippen molar-refractivity contribution in [3.8, 4) is 0 Å². The summed E-state index contributed by atoms with van der Waals surface area (Å²) in [5.41, 5.74) is 1.84. The number of aliphatic hydroxyl groups excluding tert-OH is 4. The number of amides is 8. The van der Waals surface area contributed by atoms with Gasteiger partial charge in [0.05, 0.1) is 75.0 Å². The molecule has 2 aromatic rings. The van der Waals surface area contributed by atoms with Gasteiger partial charge in [-0.15, -0.1) is 0 Å². The minimum absolute atomic E-state index is 0.00510. The minimum Gasteiger partial charge on any atom is -0.450 e. The van der Waals surface area contributed by atoms with Crippen LogP contribution in [0, 0.1) is 71.0 Å². The molecule has 4 aliphatic rings. The van der Waals surface area contributed by atoms with Crippen molar-refractivity contribution >= 4 is 94.3 Å². The summed E-state index contributed by atoms with van der Waals surface area (Å²) in [7, 11) is 0. The van der Waals surface area contributed by atoms with Crippen LogP contribution in [0.4, 0.5) is 19.2 Å². The van der Waals surface area contributed by atoms with Gasteiger partial charge in [0, 0.05) is 98.4 Å². The Morgan fingerprint density at radius 2 is 0.651 bits per heavy atom. The zero-order valence-corrected chi connectivity index (χ0v) is 79.6. The average Bonchev–Trinajstić information content (AvgIpc) is 1.65. The van der Waals surface area contributed by atoms with Crippen LogP contribution in [-0.2, 0) is 70.1 Å². The van der Waals surface area contributed by atoms with E-state index in [9.17, 15) is 78.0 Å². The van der Waals surface area contributed by atoms with Gasteiger partial charge in [0.1, 0.15) is 0 Å². The fourth-order valence-corrected chi connectivity index (χ4v) is 16.5. The lowest BCUT2D eigenvalue weighted by Crippen LogP contribution is -2.43. The zero-order valence-electron chi connectivity index (χ0n) is 78.1. The average molecular weight is 1820 g/mol. The fourth-order valence-electron chi connectivity index (χ4n) is 16.1. The van der Waals surface area contributed by atoms with Gasteiger partial charge in [-0.05, 0) is 194 Å². The normalized spacial score (nSPS) is 18.9. The number of rotatable bonds is 56. The van der Waals surface area contributed by atoms with Crippen LogP contribution in [0.5, 0.6) is 0 Å². The van der Waals surface area contributed by atoms with Gasteiger partial charge in [0.2, 0.25) is 23.6 Å². The van der Waals surface area contributed by atoms with Crippen molar-refractivity contribution in [1.82, 2.24) is 42.5 Å². The number of hydrogen-bond acceptors (Lipinski definition) is 20. The number of unbranched alkanes of at least 4 members (excludes halogenated alkanes) is 10. The number of carbonyl (C=O) groups excluding carboxylic acids is 12. The van der Waals surface area contributed by atoms with Crippen LogP contribution < -0.4 is 42.5 Å². The Kier molecular flexibility index (Phi) is 56.8. The largest absolute Gasteiger partial charge is 0.450 e. The molecule has 0 saturated carbocycles. The van der Waals surface area contributed by atoms with Gasteiger partial charge < -0.3 is 81.9 Å². The molecule has 30 heteroatoms. The maximum absolute atomic E-state index is 13.0.